The lowest BCUT2D eigenvalue weighted by Gasteiger charge is -2.16. The molecule has 1 rings (SSSR count). The first-order valence-corrected chi connectivity index (χ1v) is 5.09. The van der Waals surface area contributed by atoms with Crippen molar-refractivity contribution in [3.8, 4) is 11.5 Å². The molecule has 0 heterocycles. The summed E-state index contributed by atoms with van der Waals surface area (Å²) in [5.74, 6) is -6.02. The van der Waals surface area contributed by atoms with E-state index in [1.165, 1.54) is 19.2 Å². The average molecular weight is 281 g/mol. The van der Waals surface area contributed by atoms with Crippen molar-refractivity contribution in [2.45, 2.75) is 12.3 Å². The molecule has 19 heavy (non-hydrogen) atoms. The van der Waals surface area contributed by atoms with E-state index in [1.807, 2.05) is 0 Å². The minimum Gasteiger partial charge on any atom is -0.504 e. The Kier molecular flexibility index (Phi) is 4.57. The number of phenols is 1. The number of para-hydroxylation sites is 1. The number of amides is 1. The summed E-state index contributed by atoms with van der Waals surface area (Å²) in [6.07, 6.45) is -3.88. The Morgan fingerprint density at radius 1 is 1.47 bits per heavy atom. The van der Waals surface area contributed by atoms with Crippen LogP contribution in [0.5, 0.6) is 11.5 Å². The van der Waals surface area contributed by atoms with Gasteiger partial charge in [-0.1, -0.05) is 6.07 Å². The fourth-order valence-electron chi connectivity index (χ4n) is 1.24. The van der Waals surface area contributed by atoms with Crippen LogP contribution in [0.1, 0.15) is 10.4 Å². The number of methoxy groups -OCH3 is 1. The van der Waals surface area contributed by atoms with Crippen LogP contribution in [-0.4, -0.2) is 37.0 Å². The van der Waals surface area contributed by atoms with Gasteiger partial charge in [0.05, 0.1) is 19.2 Å². The SMILES string of the molecule is COc1cccc(C(=O)NCC(F)(F)C(F)F)c1O. The summed E-state index contributed by atoms with van der Waals surface area (Å²) < 4.78 is 53.7. The zero-order valence-corrected chi connectivity index (χ0v) is 9.79. The summed E-state index contributed by atoms with van der Waals surface area (Å²) in [6, 6.07) is 3.84. The van der Waals surface area contributed by atoms with E-state index in [0.29, 0.717) is 0 Å². The van der Waals surface area contributed by atoms with E-state index >= 15 is 0 Å². The summed E-state index contributed by atoms with van der Waals surface area (Å²) in [5, 5.41) is 11.2. The van der Waals surface area contributed by atoms with Crippen LogP contribution in [0, 0.1) is 0 Å². The second kappa shape index (κ2) is 5.77. The van der Waals surface area contributed by atoms with E-state index in [1.54, 1.807) is 5.32 Å². The Morgan fingerprint density at radius 3 is 2.63 bits per heavy atom. The largest absolute Gasteiger partial charge is 0.504 e. The normalized spacial score (nSPS) is 11.5. The molecular weight excluding hydrogens is 270 g/mol. The molecule has 1 aromatic rings. The number of alkyl halides is 4. The fourth-order valence-corrected chi connectivity index (χ4v) is 1.24. The number of hydrogen-bond donors (Lipinski definition) is 2. The molecule has 8 heteroatoms. The van der Waals surface area contributed by atoms with Crippen LogP contribution in [0.3, 0.4) is 0 Å². The van der Waals surface area contributed by atoms with E-state index < -0.39 is 30.5 Å². The summed E-state index contributed by atoms with van der Waals surface area (Å²) in [7, 11) is 1.24. The summed E-state index contributed by atoms with van der Waals surface area (Å²) in [6.45, 7) is -1.53. The molecule has 0 aliphatic rings. The van der Waals surface area contributed by atoms with Gasteiger partial charge in [0.1, 0.15) is 0 Å². The molecule has 0 spiro atoms. The van der Waals surface area contributed by atoms with E-state index in [2.05, 4.69) is 0 Å². The van der Waals surface area contributed by atoms with Gasteiger partial charge in [0.2, 0.25) is 0 Å². The molecule has 0 radical (unpaired) electrons. The maximum absolute atomic E-state index is 12.6. The van der Waals surface area contributed by atoms with Crippen molar-refractivity contribution >= 4 is 5.91 Å². The number of nitrogens with one attached hydrogen (secondary N) is 1. The Labute approximate surface area is 106 Å². The zero-order chi connectivity index (χ0) is 14.6. The van der Waals surface area contributed by atoms with E-state index in [9.17, 15) is 27.5 Å². The number of aromatic hydroxyl groups is 1. The highest BCUT2D eigenvalue weighted by Gasteiger charge is 2.41. The second-order valence-corrected chi connectivity index (χ2v) is 3.60. The molecule has 0 bridgehead atoms. The minimum absolute atomic E-state index is 0.0340. The summed E-state index contributed by atoms with van der Waals surface area (Å²) >= 11 is 0. The Bertz CT molecular complexity index is 465. The summed E-state index contributed by atoms with van der Waals surface area (Å²) in [5.41, 5.74) is -0.343. The van der Waals surface area contributed by atoms with Gasteiger partial charge in [0.15, 0.2) is 11.5 Å². The number of halogens is 4. The van der Waals surface area contributed by atoms with Crippen molar-refractivity contribution in [3.05, 3.63) is 23.8 Å². The quantitative estimate of drug-likeness (QED) is 0.812. The van der Waals surface area contributed by atoms with Gasteiger partial charge in [-0.25, -0.2) is 8.78 Å². The Balaban J connectivity index is 2.80. The number of rotatable bonds is 5. The van der Waals surface area contributed by atoms with Crippen molar-refractivity contribution < 1.29 is 32.2 Å². The van der Waals surface area contributed by atoms with Gasteiger partial charge in [-0.15, -0.1) is 0 Å². The molecule has 1 aromatic carbocycles. The highest BCUT2D eigenvalue weighted by molar-refractivity contribution is 5.97. The molecule has 106 valence electrons. The van der Waals surface area contributed by atoms with E-state index in [0.717, 1.165) is 6.07 Å². The maximum Gasteiger partial charge on any atom is 0.324 e. The van der Waals surface area contributed by atoms with Crippen LogP contribution in [0.4, 0.5) is 17.6 Å². The van der Waals surface area contributed by atoms with Crippen LogP contribution >= 0.6 is 0 Å². The number of carbonyl (C=O) groups is 1. The lowest BCUT2D eigenvalue weighted by molar-refractivity contribution is -0.123. The van der Waals surface area contributed by atoms with Crippen LogP contribution in [0.15, 0.2) is 18.2 Å². The first kappa shape index (κ1) is 15.1. The van der Waals surface area contributed by atoms with Crippen molar-refractivity contribution in [3.63, 3.8) is 0 Å². The van der Waals surface area contributed by atoms with Crippen LogP contribution < -0.4 is 10.1 Å². The molecule has 0 saturated carbocycles. The van der Waals surface area contributed by atoms with Gasteiger partial charge in [-0.3, -0.25) is 4.79 Å². The molecule has 2 N–H and O–H groups in total. The molecule has 1 amide bonds. The van der Waals surface area contributed by atoms with E-state index in [4.69, 9.17) is 4.74 Å². The molecule has 0 aliphatic carbocycles. The molecule has 0 atom stereocenters. The monoisotopic (exact) mass is 281 g/mol. The van der Waals surface area contributed by atoms with Gasteiger partial charge in [0.25, 0.3) is 5.91 Å². The van der Waals surface area contributed by atoms with Crippen LogP contribution in [-0.2, 0) is 0 Å². The first-order valence-electron chi connectivity index (χ1n) is 5.09. The van der Waals surface area contributed by atoms with Crippen molar-refractivity contribution in [1.29, 1.82) is 0 Å². The van der Waals surface area contributed by atoms with E-state index in [-0.39, 0.29) is 11.3 Å². The summed E-state index contributed by atoms with van der Waals surface area (Å²) in [4.78, 5) is 11.5. The van der Waals surface area contributed by atoms with Crippen LogP contribution in [0.25, 0.3) is 0 Å². The van der Waals surface area contributed by atoms with Gasteiger partial charge in [-0.05, 0) is 12.1 Å². The lowest BCUT2D eigenvalue weighted by atomic mass is 10.1. The molecule has 0 unspecified atom stereocenters. The van der Waals surface area contributed by atoms with Crippen molar-refractivity contribution in [1.82, 2.24) is 5.32 Å². The number of benzene rings is 1. The minimum atomic E-state index is -4.33. The number of carbonyl (C=O) groups excluding carboxylic acids is 1. The highest BCUT2D eigenvalue weighted by atomic mass is 19.3. The molecule has 0 fully saturated rings. The molecule has 0 aromatic heterocycles. The Hall–Kier alpha value is -1.99. The average Bonchev–Trinajstić information content (AvgIpc) is 2.36. The van der Waals surface area contributed by atoms with Crippen molar-refractivity contribution in [2.75, 3.05) is 13.7 Å². The molecule has 0 saturated heterocycles. The van der Waals surface area contributed by atoms with Gasteiger partial charge >= 0.3 is 12.3 Å². The number of phenolic OH excluding ortho intramolecular Hbond substituents is 1. The second-order valence-electron chi connectivity index (χ2n) is 3.60. The molecular formula is C11H11F4NO3. The third-order valence-electron chi connectivity index (χ3n) is 2.27. The molecule has 4 nitrogen and oxygen atoms in total. The predicted molar refractivity (Wildman–Crippen MR) is 57.9 cm³/mol. The van der Waals surface area contributed by atoms with Gasteiger partial charge in [-0.2, -0.15) is 8.78 Å². The van der Waals surface area contributed by atoms with Crippen LogP contribution in [0.2, 0.25) is 0 Å². The third-order valence-corrected chi connectivity index (χ3v) is 2.27. The molecule has 0 aliphatic heterocycles. The maximum atomic E-state index is 12.6. The standard InChI is InChI=1S/C11H11F4NO3/c1-19-7-4-2-3-6(8(7)17)9(18)16-5-11(14,15)10(12)13/h2-4,10,17H,5H2,1H3,(H,16,18). The van der Waals surface area contributed by atoms with Gasteiger partial charge < -0.3 is 15.2 Å². The zero-order valence-electron chi connectivity index (χ0n) is 9.79. The first-order chi connectivity index (χ1) is 8.79. The smallest absolute Gasteiger partial charge is 0.324 e. The Morgan fingerprint density at radius 2 is 2.11 bits per heavy atom. The number of hydrogen-bond acceptors (Lipinski definition) is 3. The third kappa shape index (κ3) is 3.49. The highest BCUT2D eigenvalue weighted by Crippen LogP contribution is 2.29. The van der Waals surface area contributed by atoms with Crippen molar-refractivity contribution in [2.24, 2.45) is 0 Å². The fraction of sp³-hybridized carbons (Fsp3) is 0.364. The number of ether oxygens (including phenoxy) is 1. The predicted octanol–water partition coefficient (Wildman–Crippen LogP) is 2.03. The van der Waals surface area contributed by atoms with Gasteiger partial charge in [0, 0.05) is 0 Å². The lowest BCUT2D eigenvalue weighted by Crippen LogP contribution is -2.41. The topological polar surface area (TPSA) is 58.6 Å².